The predicted octanol–water partition coefficient (Wildman–Crippen LogP) is -0.251. The molecular formula is C6H13NO2. The third kappa shape index (κ3) is 1.64. The van der Waals surface area contributed by atoms with Crippen LogP contribution in [0.4, 0.5) is 0 Å². The van der Waals surface area contributed by atoms with Crippen LogP contribution in [0, 0.1) is 0 Å². The fourth-order valence-corrected chi connectivity index (χ4v) is 0.971. The van der Waals surface area contributed by atoms with Crippen LogP contribution in [0.2, 0.25) is 0 Å². The maximum Gasteiger partial charge on any atom is 0.0955 e. The van der Waals surface area contributed by atoms with Gasteiger partial charge in [-0.15, -0.1) is 0 Å². The third-order valence-corrected chi connectivity index (χ3v) is 1.66. The number of methoxy groups -OCH3 is 1. The zero-order chi connectivity index (χ0) is 6.69. The molecule has 1 unspecified atom stereocenters. The van der Waals surface area contributed by atoms with Crippen molar-refractivity contribution < 1.29 is 9.47 Å². The summed E-state index contributed by atoms with van der Waals surface area (Å²) < 4.78 is 10.2. The minimum absolute atomic E-state index is 0.110. The molecule has 1 saturated heterocycles. The van der Waals surface area contributed by atoms with E-state index in [1.54, 1.807) is 7.11 Å². The third-order valence-electron chi connectivity index (χ3n) is 1.66. The average molecular weight is 131 g/mol. The van der Waals surface area contributed by atoms with Gasteiger partial charge in [0.25, 0.3) is 0 Å². The maximum absolute atomic E-state index is 5.68. The van der Waals surface area contributed by atoms with Crippen LogP contribution in [-0.2, 0) is 9.47 Å². The lowest BCUT2D eigenvalue weighted by atomic mass is 10.1. The van der Waals surface area contributed by atoms with Crippen LogP contribution < -0.4 is 5.73 Å². The first-order valence-electron chi connectivity index (χ1n) is 3.20. The van der Waals surface area contributed by atoms with E-state index in [1.807, 2.05) is 0 Å². The van der Waals surface area contributed by atoms with Crippen molar-refractivity contribution in [3.05, 3.63) is 0 Å². The first kappa shape index (κ1) is 6.99. The molecule has 2 N–H and O–H groups in total. The van der Waals surface area contributed by atoms with Gasteiger partial charge in [-0.05, 0) is 6.42 Å². The van der Waals surface area contributed by atoms with Gasteiger partial charge in [0, 0.05) is 19.8 Å². The van der Waals surface area contributed by atoms with E-state index in [4.69, 9.17) is 15.2 Å². The fraction of sp³-hybridized carbons (Fsp3) is 1.00. The SMILES string of the molecule is CO[C@@H]1COCCC1N. The molecule has 54 valence electrons. The second-order valence-electron chi connectivity index (χ2n) is 2.30. The van der Waals surface area contributed by atoms with Crippen molar-refractivity contribution in [1.82, 2.24) is 0 Å². The number of ether oxygens (including phenoxy) is 2. The summed E-state index contributed by atoms with van der Waals surface area (Å²) in [5.74, 6) is 0. The van der Waals surface area contributed by atoms with Crippen molar-refractivity contribution in [2.75, 3.05) is 20.3 Å². The highest BCUT2D eigenvalue weighted by molar-refractivity contribution is 4.75. The highest BCUT2D eigenvalue weighted by Gasteiger charge is 2.21. The van der Waals surface area contributed by atoms with Crippen molar-refractivity contribution >= 4 is 0 Å². The number of hydrogen-bond donors (Lipinski definition) is 1. The van der Waals surface area contributed by atoms with Gasteiger partial charge >= 0.3 is 0 Å². The largest absolute Gasteiger partial charge is 0.379 e. The first-order valence-corrected chi connectivity index (χ1v) is 3.20. The van der Waals surface area contributed by atoms with Crippen LogP contribution in [0.5, 0.6) is 0 Å². The van der Waals surface area contributed by atoms with Crippen molar-refractivity contribution in [2.24, 2.45) is 5.73 Å². The monoisotopic (exact) mass is 131 g/mol. The molecule has 0 aromatic heterocycles. The summed E-state index contributed by atoms with van der Waals surface area (Å²) >= 11 is 0. The molecule has 0 aromatic rings. The van der Waals surface area contributed by atoms with E-state index in [0.717, 1.165) is 13.0 Å². The summed E-state index contributed by atoms with van der Waals surface area (Å²) in [5.41, 5.74) is 5.68. The van der Waals surface area contributed by atoms with Gasteiger partial charge < -0.3 is 15.2 Å². The Morgan fingerprint density at radius 2 is 2.44 bits per heavy atom. The molecule has 9 heavy (non-hydrogen) atoms. The maximum atomic E-state index is 5.68. The predicted molar refractivity (Wildman–Crippen MR) is 34.2 cm³/mol. The number of nitrogens with two attached hydrogens (primary N) is 1. The summed E-state index contributed by atoms with van der Waals surface area (Å²) in [5, 5.41) is 0. The van der Waals surface area contributed by atoms with E-state index in [2.05, 4.69) is 0 Å². The zero-order valence-electron chi connectivity index (χ0n) is 5.67. The van der Waals surface area contributed by atoms with Crippen LogP contribution in [0.1, 0.15) is 6.42 Å². The first-order chi connectivity index (χ1) is 4.34. The van der Waals surface area contributed by atoms with Crippen molar-refractivity contribution in [3.8, 4) is 0 Å². The Bertz CT molecular complexity index is 87.1. The van der Waals surface area contributed by atoms with E-state index in [0.29, 0.717) is 6.61 Å². The highest BCUT2D eigenvalue weighted by Crippen LogP contribution is 2.07. The molecule has 3 nitrogen and oxygen atoms in total. The van der Waals surface area contributed by atoms with Gasteiger partial charge in [-0.3, -0.25) is 0 Å². The van der Waals surface area contributed by atoms with E-state index >= 15 is 0 Å². The standard InChI is InChI=1S/C6H13NO2/c1-8-6-4-9-3-2-5(6)7/h5-6H,2-4,7H2,1H3/t5?,6-/m1/s1. The van der Waals surface area contributed by atoms with Crippen LogP contribution in [0.25, 0.3) is 0 Å². The van der Waals surface area contributed by atoms with Crippen LogP contribution in [0.3, 0.4) is 0 Å². The Kier molecular flexibility index (Phi) is 2.45. The summed E-state index contributed by atoms with van der Waals surface area (Å²) in [6.07, 6.45) is 1.03. The summed E-state index contributed by atoms with van der Waals surface area (Å²) in [6, 6.07) is 0.170. The zero-order valence-corrected chi connectivity index (χ0v) is 5.67. The smallest absolute Gasteiger partial charge is 0.0955 e. The number of hydrogen-bond acceptors (Lipinski definition) is 3. The van der Waals surface area contributed by atoms with E-state index < -0.39 is 0 Å². The van der Waals surface area contributed by atoms with Crippen LogP contribution in [0.15, 0.2) is 0 Å². The minimum atomic E-state index is 0.110. The van der Waals surface area contributed by atoms with Gasteiger partial charge in [-0.2, -0.15) is 0 Å². The topological polar surface area (TPSA) is 44.5 Å². The van der Waals surface area contributed by atoms with Gasteiger partial charge in [-0.25, -0.2) is 0 Å². The molecule has 0 spiro atoms. The Hall–Kier alpha value is -0.120. The highest BCUT2D eigenvalue weighted by atomic mass is 16.5. The molecule has 0 aliphatic carbocycles. The molecule has 1 aliphatic heterocycles. The molecule has 1 aliphatic rings. The van der Waals surface area contributed by atoms with E-state index in [1.165, 1.54) is 0 Å². The van der Waals surface area contributed by atoms with E-state index in [-0.39, 0.29) is 12.1 Å². The van der Waals surface area contributed by atoms with Gasteiger partial charge in [0.15, 0.2) is 0 Å². The Morgan fingerprint density at radius 1 is 1.67 bits per heavy atom. The average Bonchev–Trinajstić information content (AvgIpc) is 1.89. The summed E-state index contributed by atoms with van der Waals surface area (Å²) in [6.45, 7) is 1.43. The summed E-state index contributed by atoms with van der Waals surface area (Å²) in [4.78, 5) is 0. The van der Waals surface area contributed by atoms with Crippen LogP contribution >= 0.6 is 0 Å². The quantitative estimate of drug-likeness (QED) is 0.533. The molecule has 0 radical (unpaired) electrons. The Balaban J connectivity index is 2.30. The lowest BCUT2D eigenvalue weighted by molar-refractivity contribution is -0.0411. The molecular weight excluding hydrogens is 118 g/mol. The van der Waals surface area contributed by atoms with Crippen molar-refractivity contribution in [1.29, 1.82) is 0 Å². The second-order valence-corrected chi connectivity index (χ2v) is 2.30. The molecule has 1 heterocycles. The van der Waals surface area contributed by atoms with Crippen molar-refractivity contribution in [2.45, 2.75) is 18.6 Å². The van der Waals surface area contributed by atoms with Gasteiger partial charge in [-0.1, -0.05) is 0 Å². The Labute approximate surface area is 55.1 Å². The minimum Gasteiger partial charge on any atom is -0.379 e. The summed E-state index contributed by atoms with van der Waals surface area (Å²) in [7, 11) is 1.67. The fourth-order valence-electron chi connectivity index (χ4n) is 0.971. The lowest BCUT2D eigenvalue weighted by Crippen LogP contribution is -2.43. The second kappa shape index (κ2) is 3.15. The normalized spacial score (nSPS) is 36.7. The lowest BCUT2D eigenvalue weighted by Gasteiger charge is -2.26. The molecule has 0 saturated carbocycles. The van der Waals surface area contributed by atoms with E-state index in [9.17, 15) is 0 Å². The molecule has 2 atom stereocenters. The molecule has 1 rings (SSSR count). The van der Waals surface area contributed by atoms with Gasteiger partial charge in [0.05, 0.1) is 12.7 Å². The van der Waals surface area contributed by atoms with Crippen molar-refractivity contribution in [3.63, 3.8) is 0 Å². The van der Waals surface area contributed by atoms with Gasteiger partial charge in [0.2, 0.25) is 0 Å². The molecule has 0 bridgehead atoms. The molecule has 0 amide bonds. The Morgan fingerprint density at radius 3 is 2.89 bits per heavy atom. The number of rotatable bonds is 1. The molecule has 0 aromatic carbocycles. The molecule has 1 fully saturated rings. The van der Waals surface area contributed by atoms with Gasteiger partial charge in [0.1, 0.15) is 0 Å². The molecule has 3 heteroatoms. The van der Waals surface area contributed by atoms with Crippen LogP contribution in [-0.4, -0.2) is 32.5 Å².